The number of aromatic nitrogens is 1. The molecule has 1 aromatic heterocycles. The van der Waals surface area contributed by atoms with Gasteiger partial charge in [0.25, 0.3) is 0 Å². The largest absolute Gasteiger partial charge is 0.357 e. The number of anilines is 1. The molecule has 136 valence electrons. The van der Waals surface area contributed by atoms with Crippen LogP contribution in [0, 0.1) is 0 Å². The number of pyridine rings is 1. The fourth-order valence-electron chi connectivity index (χ4n) is 2.66. The van der Waals surface area contributed by atoms with Gasteiger partial charge < -0.3 is 4.90 Å². The molecule has 5 nitrogen and oxygen atoms in total. The van der Waals surface area contributed by atoms with E-state index in [1.165, 1.54) is 5.56 Å². The van der Waals surface area contributed by atoms with Crippen LogP contribution in [0.15, 0.2) is 42.5 Å². The van der Waals surface area contributed by atoms with Crippen molar-refractivity contribution in [2.24, 2.45) is 5.84 Å². The number of aryl methyl sites for hydroxylation is 2. The van der Waals surface area contributed by atoms with Crippen LogP contribution in [-0.4, -0.2) is 24.0 Å². The lowest BCUT2D eigenvalue weighted by atomic mass is 10.0. The summed E-state index contributed by atoms with van der Waals surface area (Å²) in [5.41, 5.74) is 5.45. The number of hydrogen-bond acceptors (Lipinski definition) is 4. The summed E-state index contributed by atoms with van der Waals surface area (Å²) in [4.78, 5) is 18.3. The second kappa shape index (κ2) is 10.5. The number of benzene rings is 1. The molecule has 1 heterocycles. The molecule has 0 unspecified atom stereocenters. The molecular formula is C20H30N4O. The van der Waals surface area contributed by atoms with Crippen molar-refractivity contribution in [1.82, 2.24) is 10.4 Å². The Balaban J connectivity index is 0.00000312. The van der Waals surface area contributed by atoms with Crippen LogP contribution in [0.4, 0.5) is 5.82 Å². The van der Waals surface area contributed by atoms with Gasteiger partial charge in [-0.05, 0) is 49.9 Å². The quantitative estimate of drug-likeness (QED) is 0.440. The molecule has 0 fully saturated rings. The minimum atomic E-state index is -0.180. The topological polar surface area (TPSA) is 71.2 Å². The van der Waals surface area contributed by atoms with Crippen molar-refractivity contribution in [1.29, 1.82) is 0 Å². The number of nitrogens with two attached hydrogens (primary N) is 1. The Labute approximate surface area is 151 Å². The van der Waals surface area contributed by atoms with Crippen LogP contribution in [0.2, 0.25) is 0 Å². The molecular weight excluding hydrogens is 312 g/mol. The van der Waals surface area contributed by atoms with Gasteiger partial charge in [0.05, 0.1) is 6.42 Å². The average molecular weight is 342 g/mol. The van der Waals surface area contributed by atoms with Gasteiger partial charge in [0.15, 0.2) is 0 Å². The van der Waals surface area contributed by atoms with Gasteiger partial charge >= 0.3 is 0 Å². The number of amides is 1. The van der Waals surface area contributed by atoms with E-state index in [1.807, 2.05) is 12.1 Å². The molecule has 3 N–H and O–H groups in total. The molecule has 0 spiro atoms. The molecule has 5 heteroatoms. The lowest BCUT2D eigenvalue weighted by Gasteiger charge is -2.20. The van der Waals surface area contributed by atoms with Gasteiger partial charge in [0.1, 0.15) is 5.82 Å². The summed E-state index contributed by atoms with van der Waals surface area (Å²) in [6.07, 6.45) is 2.14. The second-order valence-electron chi connectivity index (χ2n) is 5.72. The smallest absolute Gasteiger partial charge is 0.238 e. The summed E-state index contributed by atoms with van der Waals surface area (Å²) in [6, 6.07) is 14.3. The third-order valence-electron chi connectivity index (χ3n) is 4.10. The van der Waals surface area contributed by atoms with E-state index in [0.29, 0.717) is 6.42 Å². The second-order valence-corrected chi connectivity index (χ2v) is 5.72. The maximum atomic E-state index is 11.3. The zero-order valence-electron chi connectivity index (χ0n) is 14.5. The van der Waals surface area contributed by atoms with E-state index in [4.69, 9.17) is 10.8 Å². The molecule has 0 atom stereocenters. The highest BCUT2D eigenvalue weighted by Crippen LogP contribution is 2.13. The Morgan fingerprint density at radius 3 is 2.28 bits per heavy atom. The minimum Gasteiger partial charge on any atom is -0.357 e. The highest BCUT2D eigenvalue weighted by Gasteiger charge is 2.05. The zero-order chi connectivity index (χ0) is 17.4. The van der Waals surface area contributed by atoms with E-state index >= 15 is 0 Å². The number of carbonyl (C=O) groups excluding carboxylic acids is 1. The van der Waals surface area contributed by atoms with Crippen LogP contribution < -0.4 is 16.2 Å². The van der Waals surface area contributed by atoms with Crippen molar-refractivity contribution in [2.45, 2.75) is 40.5 Å². The number of hydrogen-bond donors (Lipinski definition) is 2. The third kappa shape index (κ3) is 6.19. The Hall–Kier alpha value is -2.40. The van der Waals surface area contributed by atoms with E-state index in [1.54, 1.807) is 0 Å². The molecule has 0 aliphatic rings. The van der Waals surface area contributed by atoms with Crippen molar-refractivity contribution in [3.8, 4) is 0 Å². The maximum absolute atomic E-state index is 11.3. The first-order valence-electron chi connectivity index (χ1n) is 8.44. The monoisotopic (exact) mass is 342 g/mol. The first-order valence-corrected chi connectivity index (χ1v) is 8.44. The number of rotatable bonds is 8. The van der Waals surface area contributed by atoms with Crippen molar-refractivity contribution in [3.05, 3.63) is 59.3 Å². The summed E-state index contributed by atoms with van der Waals surface area (Å²) in [6.45, 7) is 6.21. The molecule has 2 rings (SSSR count). The summed E-state index contributed by atoms with van der Waals surface area (Å²) in [5.74, 6) is 5.97. The van der Waals surface area contributed by atoms with Gasteiger partial charge in [0, 0.05) is 18.8 Å². The van der Waals surface area contributed by atoms with E-state index in [0.717, 1.165) is 43.0 Å². The summed E-state index contributed by atoms with van der Waals surface area (Å²) >= 11 is 0. The molecule has 0 aliphatic carbocycles. The number of hydrazine groups is 1. The lowest BCUT2D eigenvalue weighted by Crippen LogP contribution is -2.31. The number of nitrogens with one attached hydrogen (secondary N) is 1. The SMILES string of the molecule is C.CCN(CC)c1cccc(CCc2ccc(CC(=O)NN)cc2)n1. The minimum absolute atomic E-state index is 0. The van der Waals surface area contributed by atoms with Crippen LogP contribution in [0.1, 0.15) is 38.1 Å². The van der Waals surface area contributed by atoms with Gasteiger partial charge in [0.2, 0.25) is 5.91 Å². The maximum Gasteiger partial charge on any atom is 0.238 e. The summed E-state index contributed by atoms with van der Waals surface area (Å²) in [5, 5.41) is 0. The summed E-state index contributed by atoms with van der Waals surface area (Å²) in [7, 11) is 0. The first-order chi connectivity index (χ1) is 11.7. The molecule has 0 aliphatic heterocycles. The van der Waals surface area contributed by atoms with Gasteiger partial charge in [-0.15, -0.1) is 0 Å². The van der Waals surface area contributed by atoms with E-state index < -0.39 is 0 Å². The van der Waals surface area contributed by atoms with Crippen molar-refractivity contribution >= 4 is 11.7 Å². The van der Waals surface area contributed by atoms with E-state index in [9.17, 15) is 4.79 Å². The van der Waals surface area contributed by atoms with Gasteiger partial charge in [-0.1, -0.05) is 37.8 Å². The molecule has 0 radical (unpaired) electrons. The van der Waals surface area contributed by atoms with Gasteiger partial charge in [-0.2, -0.15) is 0 Å². The molecule has 0 saturated carbocycles. The zero-order valence-corrected chi connectivity index (χ0v) is 14.5. The molecule has 0 saturated heterocycles. The Morgan fingerprint density at radius 1 is 1.04 bits per heavy atom. The predicted octanol–water partition coefficient (Wildman–Crippen LogP) is 2.88. The molecule has 25 heavy (non-hydrogen) atoms. The van der Waals surface area contributed by atoms with E-state index in [-0.39, 0.29) is 13.3 Å². The molecule has 1 amide bonds. The first kappa shape index (κ1) is 20.6. The highest BCUT2D eigenvalue weighted by molar-refractivity contribution is 5.77. The van der Waals surface area contributed by atoms with Crippen LogP contribution in [-0.2, 0) is 24.1 Å². The Kier molecular flexibility index (Phi) is 8.64. The average Bonchev–Trinajstić information content (AvgIpc) is 2.62. The number of carbonyl (C=O) groups is 1. The Morgan fingerprint density at radius 2 is 1.68 bits per heavy atom. The van der Waals surface area contributed by atoms with Gasteiger partial charge in [-0.3, -0.25) is 10.2 Å². The van der Waals surface area contributed by atoms with Crippen LogP contribution >= 0.6 is 0 Å². The van der Waals surface area contributed by atoms with Crippen LogP contribution in [0.25, 0.3) is 0 Å². The van der Waals surface area contributed by atoms with Crippen molar-refractivity contribution < 1.29 is 4.79 Å². The normalized spacial score (nSPS) is 10.0. The van der Waals surface area contributed by atoms with Crippen molar-refractivity contribution in [2.75, 3.05) is 18.0 Å². The van der Waals surface area contributed by atoms with Crippen LogP contribution in [0.5, 0.6) is 0 Å². The predicted molar refractivity (Wildman–Crippen MR) is 104 cm³/mol. The molecule has 0 bridgehead atoms. The summed E-state index contributed by atoms with van der Waals surface area (Å²) < 4.78 is 0. The van der Waals surface area contributed by atoms with Crippen LogP contribution in [0.3, 0.4) is 0 Å². The standard InChI is InChI=1S/C19H26N4O.CH4/c1-3-23(4-2)18-7-5-6-17(21-18)13-12-15-8-10-16(11-9-15)14-19(24)22-20;/h5-11H,3-4,12-14,20H2,1-2H3,(H,22,24);1H4. The Bertz CT molecular complexity index is 651. The van der Waals surface area contributed by atoms with Gasteiger partial charge in [-0.25, -0.2) is 10.8 Å². The third-order valence-corrected chi connectivity index (χ3v) is 4.10. The fourth-order valence-corrected chi connectivity index (χ4v) is 2.66. The molecule has 2 aromatic rings. The van der Waals surface area contributed by atoms with Crippen molar-refractivity contribution in [3.63, 3.8) is 0 Å². The number of nitrogens with zero attached hydrogens (tertiary/aromatic N) is 2. The molecule has 1 aromatic carbocycles. The lowest BCUT2D eigenvalue weighted by molar-refractivity contribution is -0.120. The fraction of sp³-hybridized carbons (Fsp3) is 0.400. The van der Waals surface area contributed by atoms with E-state index in [2.05, 4.69) is 54.5 Å². The highest BCUT2D eigenvalue weighted by atomic mass is 16.2.